The standard InChI is InChI=1S/C22H17Br3ClN3O2/c1-13-8-16(6-7-17(13)23)28-22(30)29-27-11-14-9-18(24)21(19(25)10-14)31-12-15-4-2-3-5-20(15)26/h2-11H,12H2,1H3,(H2,28,29,30)/b27-11+. The van der Waals surface area contributed by atoms with Crippen molar-refractivity contribution in [2.45, 2.75) is 13.5 Å². The van der Waals surface area contributed by atoms with Crippen LogP contribution in [0.1, 0.15) is 16.7 Å². The third kappa shape index (κ3) is 6.80. The van der Waals surface area contributed by atoms with Crippen LogP contribution in [0, 0.1) is 6.92 Å². The molecule has 2 amide bonds. The van der Waals surface area contributed by atoms with Crippen LogP contribution in [-0.4, -0.2) is 12.2 Å². The molecule has 0 fully saturated rings. The number of nitrogens with one attached hydrogen (secondary N) is 2. The number of anilines is 1. The van der Waals surface area contributed by atoms with E-state index < -0.39 is 6.03 Å². The van der Waals surface area contributed by atoms with Gasteiger partial charge in [-0.05, 0) is 86.3 Å². The number of amides is 2. The first-order valence-electron chi connectivity index (χ1n) is 9.05. The molecule has 160 valence electrons. The molecule has 0 aliphatic carbocycles. The van der Waals surface area contributed by atoms with Gasteiger partial charge in [-0.25, -0.2) is 10.2 Å². The third-order valence-corrected chi connectivity index (χ3v) is 6.58. The largest absolute Gasteiger partial charge is 0.486 e. The summed E-state index contributed by atoms with van der Waals surface area (Å²) in [6, 6.07) is 16.3. The number of aryl methyl sites for hydroxylation is 1. The van der Waals surface area contributed by atoms with Gasteiger partial charge < -0.3 is 10.1 Å². The van der Waals surface area contributed by atoms with Gasteiger partial charge in [0.2, 0.25) is 0 Å². The van der Waals surface area contributed by atoms with Crippen LogP contribution in [0.3, 0.4) is 0 Å². The number of carbonyl (C=O) groups excluding carboxylic acids is 1. The third-order valence-electron chi connectivity index (χ3n) is 4.15. The molecule has 0 bridgehead atoms. The van der Waals surface area contributed by atoms with E-state index in [1.165, 1.54) is 0 Å². The Morgan fingerprint density at radius 2 is 1.77 bits per heavy atom. The van der Waals surface area contributed by atoms with Crippen molar-refractivity contribution in [1.29, 1.82) is 0 Å². The van der Waals surface area contributed by atoms with E-state index in [9.17, 15) is 4.79 Å². The predicted molar refractivity (Wildman–Crippen MR) is 136 cm³/mol. The second-order valence-electron chi connectivity index (χ2n) is 6.48. The minimum Gasteiger partial charge on any atom is -0.486 e. The lowest BCUT2D eigenvalue weighted by Crippen LogP contribution is -2.24. The highest BCUT2D eigenvalue weighted by Crippen LogP contribution is 2.35. The van der Waals surface area contributed by atoms with Gasteiger partial charge in [0.1, 0.15) is 12.4 Å². The van der Waals surface area contributed by atoms with E-state index in [1.807, 2.05) is 55.5 Å². The number of hydrazone groups is 1. The van der Waals surface area contributed by atoms with E-state index in [0.717, 1.165) is 30.1 Å². The summed E-state index contributed by atoms with van der Waals surface area (Å²) >= 11 is 16.6. The monoisotopic (exact) mass is 627 g/mol. The molecule has 3 aromatic rings. The molecule has 0 saturated heterocycles. The highest BCUT2D eigenvalue weighted by Gasteiger charge is 2.10. The molecular weight excluding hydrogens is 613 g/mol. The molecule has 0 saturated carbocycles. The highest BCUT2D eigenvalue weighted by molar-refractivity contribution is 9.11. The molecule has 3 rings (SSSR count). The Bertz CT molecular complexity index is 1120. The molecule has 3 aromatic carbocycles. The molecule has 0 aliphatic rings. The molecule has 0 radical (unpaired) electrons. The average molecular weight is 631 g/mol. The Balaban J connectivity index is 1.60. The summed E-state index contributed by atoms with van der Waals surface area (Å²) in [5, 5.41) is 7.38. The van der Waals surface area contributed by atoms with Gasteiger partial charge in [0.15, 0.2) is 0 Å². The molecule has 0 atom stereocenters. The SMILES string of the molecule is Cc1cc(NC(=O)N/N=C/c2cc(Br)c(OCc3ccccc3Cl)c(Br)c2)ccc1Br. The van der Waals surface area contributed by atoms with E-state index >= 15 is 0 Å². The van der Waals surface area contributed by atoms with Crippen LogP contribution in [0.5, 0.6) is 5.75 Å². The van der Waals surface area contributed by atoms with Gasteiger partial charge in [0, 0.05) is 20.7 Å². The number of nitrogens with zero attached hydrogens (tertiary/aromatic N) is 1. The number of urea groups is 1. The van der Waals surface area contributed by atoms with Crippen molar-refractivity contribution in [3.63, 3.8) is 0 Å². The van der Waals surface area contributed by atoms with Crippen LogP contribution < -0.4 is 15.5 Å². The van der Waals surface area contributed by atoms with E-state index in [-0.39, 0.29) is 0 Å². The predicted octanol–water partition coefficient (Wildman–Crippen LogP) is 7.67. The normalized spacial score (nSPS) is 10.9. The molecule has 5 nitrogen and oxygen atoms in total. The zero-order valence-electron chi connectivity index (χ0n) is 16.3. The van der Waals surface area contributed by atoms with Crippen LogP contribution in [0.2, 0.25) is 5.02 Å². The molecule has 0 unspecified atom stereocenters. The molecule has 0 aliphatic heterocycles. The summed E-state index contributed by atoms with van der Waals surface area (Å²) < 4.78 is 8.37. The molecule has 0 heterocycles. The van der Waals surface area contributed by atoms with E-state index in [1.54, 1.807) is 12.3 Å². The van der Waals surface area contributed by atoms with Gasteiger partial charge in [-0.3, -0.25) is 0 Å². The van der Waals surface area contributed by atoms with Crippen LogP contribution in [0.25, 0.3) is 0 Å². The molecule has 0 aromatic heterocycles. The maximum atomic E-state index is 12.0. The Labute approximate surface area is 210 Å². The van der Waals surface area contributed by atoms with Gasteiger partial charge in [-0.2, -0.15) is 5.10 Å². The van der Waals surface area contributed by atoms with Crippen LogP contribution in [0.4, 0.5) is 10.5 Å². The van der Waals surface area contributed by atoms with E-state index in [4.69, 9.17) is 16.3 Å². The van der Waals surface area contributed by atoms with Crippen LogP contribution >= 0.6 is 59.4 Å². The van der Waals surface area contributed by atoms with E-state index in [0.29, 0.717) is 23.1 Å². The first-order valence-corrected chi connectivity index (χ1v) is 11.8. The number of hydrogen-bond donors (Lipinski definition) is 2. The molecule has 9 heteroatoms. The lowest BCUT2D eigenvalue weighted by atomic mass is 10.2. The van der Waals surface area contributed by atoms with Crippen molar-refractivity contribution in [1.82, 2.24) is 5.43 Å². The number of hydrogen-bond acceptors (Lipinski definition) is 3. The molecule has 2 N–H and O–H groups in total. The number of halogens is 4. The van der Waals surface area contributed by atoms with Crippen LogP contribution in [0.15, 0.2) is 73.1 Å². The Kier molecular flexibility index (Phi) is 8.54. The molecule has 31 heavy (non-hydrogen) atoms. The van der Waals surface area contributed by atoms with Crippen molar-refractivity contribution in [2.75, 3.05) is 5.32 Å². The number of rotatable bonds is 6. The Morgan fingerprint density at radius 3 is 2.45 bits per heavy atom. The lowest BCUT2D eigenvalue weighted by molar-refractivity contribution is 0.252. The molecular formula is C22H17Br3ClN3O2. The highest BCUT2D eigenvalue weighted by atomic mass is 79.9. The number of ether oxygens (including phenoxy) is 1. The van der Waals surface area contributed by atoms with Gasteiger partial charge in [0.05, 0.1) is 15.2 Å². The quantitative estimate of drug-likeness (QED) is 0.217. The van der Waals surface area contributed by atoms with Gasteiger partial charge in [0.25, 0.3) is 0 Å². The van der Waals surface area contributed by atoms with Crippen LogP contribution in [-0.2, 0) is 6.61 Å². The Hall–Kier alpha value is -1.87. The maximum Gasteiger partial charge on any atom is 0.339 e. The zero-order valence-corrected chi connectivity index (χ0v) is 21.8. The van der Waals surface area contributed by atoms with Crippen molar-refractivity contribution in [3.8, 4) is 5.75 Å². The fraction of sp³-hybridized carbons (Fsp3) is 0.0909. The summed E-state index contributed by atoms with van der Waals surface area (Å²) in [6.45, 7) is 2.28. The second kappa shape index (κ2) is 11.1. The molecule has 0 spiro atoms. The topological polar surface area (TPSA) is 62.7 Å². The maximum absolute atomic E-state index is 12.0. The van der Waals surface area contributed by atoms with Crippen molar-refractivity contribution < 1.29 is 9.53 Å². The second-order valence-corrected chi connectivity index (χ2v) is 9.45. The smallest absolute Gasteiger partial charge is 0.339 e. The number of carbonyl (C=O) groups is 1. The Morgan fingerprint density at radius 1 is 1.06 bits per heavy atom. The first-order chi connectivity index (χ1) is 14.8. The van der Waals surface area contributed by atoms with E-state index in [2.05, 4.69) is 63.6 Å². The summed E-state index contributed by atoms with van der Waals surface area (Å²) in [6.07, 6.45) is 1.54. The van der Waals surface area contributed by atoms with Gasteiger partial charge >= 0.3 is 6.03 Å². The van der Waals surface area contributed by atoms with Crippen molar-refractivity contribution in [3.05, 3.63) is 89.7 Å². The summed E-state index contributed by atoms with van der Waals surface area (Å²) in [4.78, 5) is 12.0. The minimum absolute atomic E-state index is 0.335. The summed E-state index contributed by atoms with van der Waals surface area (Å²) in [7, 11) is 0. The van der Waals surface area contributed by atoms with Crippen molar-refractivity contribution in [2.24, 2.45) is 5.10 Å². The summed E-state index contributed by atoms with van der Waals surface area (Å²) in [5.74, 6) is 0.647. The summed E-state index contributed by atoms with van der Waals surface area (Å²) in [5.41, 5.74) is 5.81. The average Bonchev–Trinajstić information content (AvgIpc) is 2.71. The van der Waals surface area contributed by atoms with Gasteiger partial charge in [-0.15, -0.1) is 0 Å². The zero-order chi connectivity index (χ0) is 22.4. The number of benzene rings is 3. The lowest BCUT2D eigenvalue weighted by Gasteiger charge is -2.12. The fourth-order valence-electron chi connectivity index (χ4n) is 2.60. The van der Waals surface area contributed by atoms with Gasteiger partial charge in [-0.1, -0.05) is 45.7 Å². The first kappa shape index (κ1) is 23.8. The minimum atomic E-state index is -0.434. The fourth-order valence-corrected chi connectivity index (χ4v) is 4.49. The van der Waals surface area contributed by atoms with Crippen molar-refractivity contribution >= 4 is 77.3 Å².